The molecule has 4 aromatic rings. The molecule has 0 saturated heterocycles. The molecule has 9 nitrogen and oxygen atoms in total. The van der Waals surface area contributed by atoms with E-state index in [0.717, 1.165) is 5.56 Å². The van der Waals surface area contributed by atoms with E-state index >= 15 is 0 Å². The molecule has 3 heterocycles. The highest BCUT2D eigenvalue weighted by Crippen LogP contribution is 2.41. The summed E-state index contributed by atoms with van der Waals surface area (Å²) in [5.41, 5.74) is 3.01. The van der Waals surface area contributed by atoms with Crippen molar-refractivity contribution in [3.05, 3.63) is 52.8 Å². The van der Waals surface area contributed by atoms with Crippen LogP contribution in [-0.2, 0) is 0 Å². The fraction of sp³-hybridized carbons (Fsp3) is 0.200. The van der Waals surface area contributed by atoms with Gasteiger partial charge in [0.15, 0.2) is 22.8 Å². The van der Waals surface area contributed by atoms with Crippen LogP contribution >= 0.6 is 0 Å². The van der Waals surface area contributed by atoms with Crippen molar-refractivity contribution in [1.29, 1.82) is 0 Å². The summed E-state index contributed by atoms with van der Waals surface area (Å²) < 4.78 is 17.7. The van der Waals surface area contributed by atoms with Crippen LogP contribution in [0.3, 0.4) is 0 Å². The number of hydrogen-bond donors (Lipinski definition) is 1. The van der Waals surface area contributed by atoms with Crippen molar-refractivity contribution in [2.45, 2.75) is 6.92 Å². The molecular formula is C20H19N5O4. The van der Waals surface area contributed by atoms with Crippen LogP contribution in [0.5, 0.6) is 17.2 Å². The highest BCUT2D eigenvalue weighted by molar-refractivity contribution is 5.76. The van der Waals surface area contributed by atoms with Gasteiger partial charge in [0.25, 0.3) is 0 Å². The zero-order valence-electron chi connectivity index (χ0n) is 16.4. The van der Waals surface area contributed by atoms with Crippen LogP contribution in [0.4, 0.5) is 0 Å². The van der Waals surface area contributed by atoms with Gasteiger partial charge < -0.3 is 14.2 Å². The van der Waals surface area contributed by atoms with Gasteiger partial charge >= 0.3 is 5.69 Å². The van der Waals surface area contributed by atoms with Crippen molar-refractivity contribution in [2.75, 3.05) is 21.3 Å². The van der Waals surface area contributed by atoms with E-state index in [0.29, 0.717) is 45.6 Å². The third kappa shape index (κ3) is 3.06. The number of imidazole rings is 1. The smallest absolute Gasteiger partial charge is 0.333 e. The number of aromatic nitrogens is 5. The zero-order chi connectivity index (χ0) is 20.5. The minimum Gasteiger partial charge on any atom is -0.493 e. The van der Waals surface area contributed by atoms with E-state index in [4.69, 9.17) is 19.2 Å². The van der Waals surface area contributed by atoms with Crippen molar-refractivity contribution in [1.82, 2.24) is 24.5 Å². The predicted octanol–water partition coefficient (Wildman–Crippen LogP) is 2.51. The first-order chi connectivity index (χ1) is 14.1. The fourth-order valence-electron chi connectivity index (χ4n) is 3.22. The minimum atomic E-state index is -0.338. The molecule has 1 aromatic carbocycles. The number of methoxy groups -OCH3 is 3. The zero-order valence-corrected chi connectivity index (χ0v) is 16.4. The lowest BCUT2D eigenvalue weighted by atomic mass is 10.1. The molecule has 3 aromatic heterocycles. The highest BCUT2D eigenvalue weighted by Gasteiger charge is 2.19. The van der Waals surface area contributed by atoms with E-state index in [2.05, 4.69) is 15.0 Å². The Hall–Kier alpha value is -3.88. The molecule has 29 heavy (non-hydrogen) atoms. The summed E-state index contributed by atoms with van der Waals surface area (Å²) in [6, 6.07) is 7.12. The van der Waals surface area contributed by atoms with Gasteiger partial charge in [0.2, 0.25) is 5.75 Å². The normalized spacial score (nSPS) is 10.9. The summed E-state index contributed by atoms with van der Waals surface area (Å²) in [4.78, 5) is 28.6. The Morgan fingerprint density at radius 2 is 1.76 bits per heavy atom. The maximum Gasteiger partial charge on any atom is 0.333 e. The Balaban J connectivity index is 1.98. The Morgan fingerprint density at radius 3 is 2.34 bits per heavy atom. The van der Waals surface area contributed by atoms with Gasteiger partial charge in [-0.3, -0.25) is 9.97 Å². The van der Waals surface area contributed by atoms with E-state index < -0.39 is 0 Å². The van der Waals surface area contributed by atoms with Crippen LogP contribution < -0.4 is 19.9 Å². The Morgan fingerprint density at radius 1 is 1.03 bits per heavy atom. The molecular weight excluding hydrogens is 374 g/mol. The number of benzene rings is 1. The number of aryl methyl sites for hydroxylation is 1. The molecule has 0 amide bonds. The topological polar surface area (TPSA) is 104 Å². The van der Waals surface area contributed by atoms with Crippen molar-refractivity contribution in [3.63, 3.8) is 0 Å². The number of aromatic amines is 1. The lowest BCUT2D eigenvalue weighted by molar-refractivity contribution is 0.324. The van der Waals surface area contributed by atoms with Crippen molar-refractivity contribution in [2.24, 2.45) is 0 Å². The van der Waals surface area contributed by atoms with Gasteiger partial charge in [-0.1, -0.05) is 0 Å². The maximum atomic E-state index is 12.5. The first-order valence-electron chi connectivity index (χ1n) is 8.77. The Bertz CT molecular complexity index is 1220. The van der Waals surface area contributed by atoms with Gasteiger partial charge in [-0.15, -0.1) is 0 Å². The number of fused-ring (bicyclic) bond motifs is 1. The van der Waals surface area contributed by atoms with Crippen LogP contribution in [0.1, 0.15) is 5.69 Å². The third-order valence-electron chi connectivity index (χ3n) is 4.53. The number of hydrogen-bond acceptors (Lipinski definition) is 7. The summed E-state index contributed by atoms with van der Waals surface area (Å²) in [6.07, 6.45) is 3.23. The molecule has 0 radical (unpaired) electrons. The first kappa shape index (κ1) is 18.5. The average Bonchev–Trinajstić information content (AvgIpc) is 3.06. The van der Waals surface area contributed by atoms with Gasteiger partial charge in [-0.25, -0.2) is 19.3 Å². The van der Waals surface area contributed by atoms with Gasteiger partial charge in [0.05, 0.1) is 44.6 Å². The van der Waals surface area contributed by atoms with Crippen molar-refractivity contribution in [3.8, 4) is 34.2 Å². The molecule has 0 aliphatic heterocycles. The second kappa shape index (κ2) is 7.27. The van der Waals surface area contributed by atoms with Gasteiger partial charge in [0, 0.05) is 11.8 Å². The predicted molar refractivity (Wildman–Crippen MR) is 107 cm³/mol. The van der Waals surface area contributed by atoms with E-state index in [1.54, 1.807) is 58.0 Å². The summed E-state index contributed by atoms with van der Waals surface area (Å²) in [5.74, 6) is 1.49. The van der Waals surface area contributed by atoms with Crippen LogP contribution in [0.25, 0.3) is 28.2 Å². The third-order valence-corrected chi connectivity index (χ3v) is 4.53. The van der Waals surface area contributed by atoms with Gasteiger partial charge in [0.1, 0.15) is 0 Å². The highest BCUT2D eigenvalue weighted by atomic mass is 16.5. The monoisotopic (exact) mass is 393 g/mol. The molecule has 148 valence electrons. The maximum absolute atomic E-state index is 12.5. The second-order valence-corrected chi connectivity index (χ2v) is 6.22. The van der Waals surface area contributed by atoms with E-state index in [1.807, 2.05) is 6.92 Å². The Kier molecular flexibility index (Phi) is 4.63. The molecule has 0 unspecified atom stereocenters. The lowest BCUT2D eigenvalue weighted by Crippen LogP contribution is -2.15. The number of pyridine rings is 1. The van der Waals surface area contributed by atoms with Crippen LogP contribution in [0.2, 0.25) is 0 Å². The van der Waals surface area contributed by atoms with E-state index in [9.17, 15) is 4.79 Å². The summed E-state index contributed by atoms with van der Waals surface area (Å²) in [6.45, 7) is 1.82. The summed E-state index contributed by atoms with van der Waals surface area (Å²) >= 11 is 0. The number of rotatable bonds is 5. The fourth-order valence-corrected chi connectivity index (χ4v) is 3.22. The van der Waals surface area contributed by atoms with Crippen LogP contribution in [0, 0.1) is 6.92 Å². The van der Waals surface area contributed by atoms with E-state index in [-0.39, 0.29) is 5.69 Å². The molecule has 4 rings (SSSR count). The molecule has 0 fully saturated rings. The summed E-state index contributed by atoms with van der Waals surface area (Å²) in [5, 5.41) is 0. The number of nitrogens with zero attached hydrogens (tertiary/aromatic N) is 4. The second-order valence-electron chi connectivity index (χ2n) is 6.22. The first-order valence-corrected chi connectivity index (χ1v) is 8.77. The number of ether oxygens (including phenoxy) is 3. The SMILES string of the molecule is COc1cc(-c2nc3c(nc2C)[nH]c(=O)n3-c2cccnc2)cc(OC)c1OC. The quantitative estimate of drug-likeness (QED) is 0.555. The number of H-pyrrole nitrogens is 1. The Labute approximate surface area is 165 Å². The van der Waals surface area contributed by atoms with Gasteiger partial charge in [-0.05, 0) is 31.2 Å². The minimum absolute atomic E-state index is 0.338. The number of nitrogens with one attached hydrogen (secondary N) is 1. The summed E-state index contributed by atoms with van der Waals surface area (Å²) in [7, 11) is 4.65. The molecule has 9 heteroatoms. The molecule has 0 bridgehead atoms. The molecule has 1 N–H and O–H groups in total. The van der Waals surface area contributed by atoms with Crippen LogP contribution in [0.15, 0.2) is 41.5 Å². The standard InChI is InChI=1S/C20H19N5O4/c1-11-16(12-8-14(27-2)17(29-4)15(9-12)28-3)23-19-18(22-11)24-20(26)25(19)13-6-5-7-21-10-13/h5-10H,1-4H3,(H,22,24,26). The van der Waals surface area contributed by atoms with Crippen molar-refractivity contribution >= 4 is 11.3 Å². The molecule has 0 atom stereocenters. The largest absolute Gasteiger partial charge is 0.493 e. The van der Waals surface area contributed by atoms with Gasteiger partial charge in [-0.2, -0.15) is 0 Å². The molecule has 0 spiro atoms. The van der Waals surface area contributed by atoms with Crippen molar-refractivity contribution < 1.29 is 14.2 Å². The molecule has 0 saturated carbocycles. The lowest BCUT2D eigenvalue weighted by Gasteiger charge is -2.14. The van der Waals surface area contributed by atoms with E-state index in [1.165, 1.54) is 4.57 Å². The van der Waals surface area contributed by atoms with Crippen LogP contribution in [-0.4, -0.2) is 45.8 Å². The molecule has 0 aliphatic carbocycles. The average molecular weight is 393 g/mol. The molecule has 0 aliphatic rings.